The lowest BCUT2D eigenvalue weighted by atomic mass is 10.1. The fraction of sp³-hybridized carbons (Fsp3) is 0.750. The lowest BCUT2D eigenvalue weighted by Crippen LogP contribution is -2.29. The minimum Gasteiger partial charge on any atom is -0.380 e. The summed E-state index contributed by atoms with van der Waals surface area (Å²) in [6.07, 6.45) is 1.87. The van der Waals surface area contributed by atoms with E-state index < -0.39 is 0 Å². The summed E-state index contributed by atoms with van der Waals surface area (Å²) in [7, 11) is 0. The molecule has 4 nitrogen and oxygen atoms in total. The molecule has 4 heteroatoms. The summed E-state index contributed by atoms with van der Waals surface area (Å²) in [5, 5.41) is 4.40. The van der Waals surface area contributed by atoms with Crippen LogP contribution in [0.15, 0.2) is 6.07 Å². The van der Waals surface area contributed by atoms with Gasteiger partial charge < -0.3 is 10.5 Å². The smallest absolute Gasteiger partial charge is 0.0621 e. The summed E-state index contributed by atoms with van der Waals surface area (Å²) < 4.78 is 7.45. The highest BCUT2D eigenvalue weighted by Gasteiger charge is 2.09. The Morgan fingerprint density at radius 1 is 1.50 bits per heavy atom. The number of aromatic nitrogens is 2. The average molecular weight is 225 g/mol. The maximum absolute atomic E-state index is 6.01. The van der Waals surface area contributed by atoms with Crippen LogP contribution in [0.1, 0.15) is 31.7 Å². The van der Waals surface area contributed by atoms with Crippen LogP contribution in [0.25, 0.3) is 0 Å². The number of nitrogens with zero attached hydrogens (tertiary/aromatic N) is 2. The second kappa shape index (κ2) is 6.66. The average Bonchev–Trinajstić information content (AvgIpc) is 2.59. The molecule has 1 rings (SSSR count). The van der Waals surface area contributed by atoms with E-state index in [2.05, 4.69) is 25.0 Å². The Hall–Kier alpha value is -0.870. The first-order valence-corrected chi connectivity index (χ1v) is 6.04. The molecule has 2 N–H and O–H groups in total. The summed E-state index contributed by atoms with van der Waals surface area (Å²) >= 11 is 0. The number of nitrogens with two attached hydrogens (primary N) is 1. The first kappa shape index (κ1) is 13.2. The Kier molecular flexibility index (Phi) is 5.49. The number of hydrogen-bond donors (Lipinski definition) is 1. The predicted molar refractivity (Wildman–Crippen MR) is 65.4 cm³/mol. The predicted octanol–water partition coefficient (Wildman–Crippen LogP) is 1.51. The number of aryl methyl sites for hydroxylation is 2. The van der Waals surface area contributed by atoms with Gasteiger partial charge in [0.05, 0.1) is 12.3 Å². The number of rotatable bonds is 7. The van der Waals surface area contributed by atoms with Crippen molar-refractivity contribution < 1.29 is 4.74 Å². The first-order chi connectivity index (χ1) is 7.67. The highest BCUT2D eigenvalue weighted by molar-refractivity contribution is 5.10. The lowest BCUT2D eigenvalue weighted by molar-refractivity contribution is 0.121. The molecule has 1 heterocycles. The van der Waals surface area contributed by atoms with Crippen molar-refractivity contribution in [1.29, 1.82) is 0 Å². The van der Waals surface area contributed by atoms with E-state index in [0.717, 1.165) is 31.7 Å². The molecule has 1 aromatic rings. The fourth-order valence-electron chi connectivity index (χ4n) is 1.74. The Morgan fingerprint density at radius 3 is 2.88 bits per heavy atom. The third-order valence-corrected chi connectivity index (χ3v) is 2.44. The largest absolute Gasteiger partial charge is 0.380 e. The van der Waals surface area contributed by atoms with Crippen molar-refractivity contribution in [3.8, 4) is 0 Å². The van der Waals surface area contributed by atoms with Gasteiger partial charge in [0.1, 0.15) is 0 Å². The fourth-order valence-corrected chi connectivity index (χ4v) is 1.74. The summed E-state index contributed by atoms with van der Waals surface area (Å²) in [6.45, 7) is 8.51. The second-order valence-electron chi connectivity index (χ2n) is 4.13. The third kappa shape index (κ3) is 3.94. The number of hydrogen-bond acceptors (Lipinski definition) is 3. The SMILES string of the molecule is CCCOCC(N)Cc1cc(C)nn1CC. The summed E-state index contributed by atoms with van der Waals surface area (Å²) in [5.74, 6) is 0. The highest BCUT2D eigenvalue weighted by Crippen LogP contribution is 2.06. The Bertz CT molecular complexity index is 309. The zero-order valence-electron chi connectivity index (χ0n) is 10.6. The molecule has 0 amide bonds. The highest BCUT2D eigenvalue weighted by atomic mass is 16.5. The van der Waals surface area contributed by atoms with E-state index in [1.807, 2.05) is 11.6 Å². The topological polar surface area (TPSA) is 53.1 Å². The summed E-state index contributed by atoms with van der Waals surface area (Å²) in [6, 6.07) is 2.16. The van der Waals surface area contributed by atoms with E-state index in [-0.39, 0.29) is 6.04 Å². The van der Waals surface area contributed by atoms with Gasteiger partial charge >= 0.3 is 0 Å². The van der Waals surface area contributed by atoms with Gasteiger partial charge in [-0.1, -0.05) is 6.92 Å². The zero-order chi connectivity index (χ0) is 12.0. The maximum Gasteiger partial charge on any atom is 0.0621 e. The van der Waals surface area contributed by atoms with Gasteiger partial charge in [-0.25, -0.2) is 0 Å². The van der Waals surface area contributed by atoms with Crippen LogP contribution in [0.5, 0.6) is 0 Å². The molecule has 0 saturated carbocycles. The Balaban J connectivity index is 2.45. The molecule has 16 heavy (non-hydrogen) atoms. The molecule has 0 aliphatic rings. The quantitative estimate of drug-likeness (QED) is 0.716. The van der Waals surface area contributed by atoms with Gasteiger partial charge in [0, 0.05) is 31.3 Å². The van der Waals surface area contributed by atoms with Gasteiger partial charge in [-0.15, -0.1) is 0 Å². The van der Waals surface area contributed by atoms with E-state index in [9.17, 15) is 0 Å². The van der Waals surface area contributed by atoms with E-state index >= 15 is 0 Å². The third-order valence-electron chi connectivity index (χ3n) is 2.44. The monoisotopic (exact) mass is 225 g/mol. The molecular weight excluding hydrogens is 202 g/mol. The molecule has 0 aliphatic heterocycles. The van der Waals surface area contributed by atoms with Crippen molar-refractivity contribution in [2.45, 2.75) is 46.2 Å². The lowest BCUT2D eigenvalue weighted by Gasteiger charge is -2.12. The molecule has 0 spiro atoms. The van der Waals surface area contributed by atoms with Crippen molar-refractivity contribution in [3.05, 3.63) is 17.5 Å². The van der Waals surface area contributed by atoms with Crippen LogP contribution in [-0.2, 0) is 17.7 Å². The normalized spacial score (nSPS) is 13.0. The van der Waals surface area contributed by atoms with E-state index in [0.29, 0.717) is 6.61 Å². The van der Waals surface area contributed by atoms with Gasteiger partial charge in [-0.05, 0) is 26.3 Å². The van der Waals surface area contributed by atoms with E-state index in [1.54, 1.807) is 0 Å². The first-order valence-electron chi connectivity index (χ1n) is 6.04. The molecule has 1 unspecified atom stereocenters. The molecule has 1 atom stereocenters. The van der Waals surface area contributed by atoms with Crippen LogP contribution in [0.4, 0.5) is 0 Å². The standard InChI is InChI=1S/C12H23N3O/c1-4-6-16-9-11(13)8-12-7-10(3)14-15(12)5-2/h7,11H,4-6,8-9,13H2,1-3H3. The maximum atomic E-state index is 6.01. The molecular formula is C12H23N3O. The molecule has 92 valence electrons. The minimum absolute atomic E-state index is 0.0629. The van der Waals surface area contributed by atoms with Crippen LogP contribution in [0.3, 0.4) is 0 Å². The van der Waals surface area contributed by atoms with Crippen molar-refractivity contribution in [2.75, 3.05) is 13.2 Å². The van der Waals surface area contributed by atoms with Crippen LogP contribution in [-0.4, -0.2) is 29.0 Å². The molecule has 0 bridgehead atoms. The summed E-state index contributed by atoms with van der Waals surface area (Å²) in [5.41, 5.74) is 8.27. The van der Waals surface area contributed by atoms with Crippen LogP contribution >= 0.6 is 0 Å². The van der Waals surface area contributed by atoms with E-state index in [1.165, 1.54) is 5.69 Å². The number of ether oxygens (including phenoxy) is 1. The van der Waals surface area contributed by atoms with Crippen molar-refractivity contribution >= 4 is 0 Å². The molecule has 0 aliphatic carbocycles. The molecule has 0 fully saturated rings. The van der Waals surface area contributed by atoms with Gasteiger partial charge in [-0.2, -0.15) is 5.10 Å². The molecule has 1 aromatic heterocycles. The Labute approximate surface area is 97.8 Å². The molecule has 0 aromatic carbocycles. The van der Waals surface area contributed by atoms with Crippen LogP contribution < -0.4 is 5.73 Å². The van der Waals surface area contributed by atoms with Crippen molar-refractivity contribution in [1.82, 2.24) is 9.78 Å². The van der Waals surface area contributed by atoms with Crippen LogP contribution in [0.2, 0.25) is 0 Å². The summed E-state index contributed by atoms with van der Waals surface area (Å²) in [4.78, 5) is 0. The second-order valence-corrected chi connectivity index (χ2v) is 4.13. The molecule has 0 radical (unpaired) electrons. The van der Waals surface area contributed by atoms with Gasteiger partial charge in [0.2, 0.25) is 0 Å². The van der Waals surface area contributed by atoms with Gasteiger partial charge in [0.25, 0.3) is 0 Å². The van der Waals surface area contributed by atoms with Gasteiger partial charge in [0.15, 0.2) is 0 Å². The van der Waals surface area contributed by atoms with Crippen molar-refractivity contribution in [2.24, 2.45) is 5.73 Å². The van der Waals surface area contributed by atoms with E-state index in [4.69, 9.17) is 10.5 Å². The minimum atomic E-state index is 0.0629. The zero-order valence-corrected chi connectivity index (χ0v) is 10.6. The van der Waals surface area contributed by atoms with Gasteiger partial charge in [-0.3, -0.25) is 4.68 Å². The van der Waals surface area contributed by atoms with Crippen molar-refractivity contribution in [3.63, 3.8) is 0 Å². The Morgan fingerprint density at radius 2 is 2.25 bits per heavy atom. The van der Waals surface area contributed by atoms with Crippen LogP contribution in [0, 0.1) is 6.92 Å². The molecule has 0 saturated heterocycles.